The second-order valence-electron chi connectivity index (χ2n) is 4.86. The van der Waals surface area contributed by atoms with Crippen molar-refractivity contribution in [3.63, 3.8) is 0 Å². The van der Waals surface area contributed by atoms with E-state index >= 15 is 0 Å². The maximum Gasteiger partial charge on any atom is 0.340 e. The summed E-state index contributed by atoms with van der Waals surface area (Å²) in [5, 5.41) is 4.38. The molecule has 7 heteroatoms. The Kier molecular flexibility index (Phi) is 4.83. The fraction of sp³-hybridized carbons (Fsp3) is 0.0588. The average Bonchev–Trinajstić information content (AvgIpc) is 3.02. The van der Waals surface area contributed by atoms with Crippen LogP contribution in [0.1, 0.15) is 16.1 Å². The molecule has 2 aromatic carbocycles. The summed E-state index contributed by atoms with van der Waals surface area (Å²) in [4.78, 5) is 12.0. The van der Waals surface area contributed by atoms with Gasteiger partial charge in [-0.05, 0) is 30.3 Å². The van der Waals surface area contributed by atoms with Gasteiger partial charge in [0.1, 0.15) is 18.1 Å². The predicted octanol–water partition coefficient (Wildman–Crippen LogP) is 5.14. The van der Waals surface area contributed by atoms with Gasteiger partial charge in [-0.25, -0.2) is 9.18 Å². The number of esters is 1. The highest BCUT2D eigenvalue weighted by Gasteiger charge is 2.15. The fourth-order valence-electron chi connectivity index (χ4n) is 2.04. The number of benzene rings is 2. The zero-order valence-electron chi connectivity index (χ0n) is 12.1. The molecule has 122 valence electrons. The molecule has 0 atom stereocenters. The maximum absolute atomic E-state index is 13.7. The molecule has 0 bridgehead atoms. The van der Waals surface area contributed by atoms with Crippen molar-refractivity contribution in [1.82, 2.24) is 5.16 Å². The summed E-state index contributed by atoms with van der Waals surface area (Å²) < 4.78 is 23.9. The van der Waals surface area contributed by atoms with Gasteiger partial charge in [0.15, 0.2) is 5.76 Å². The van der Waals surface area contributed by atoms with Crippen molar-refractivity contribution < 1.29 is 18.4 Å². The quantitative estimate of drug-likeness (QED) is 0.600. The van der Waals surface area contributed by atoms with Crippen LogP contribution in [0.5, 0.6) is 0 Å². The summed E-state index contributed by atoms with van der Waals surface area (Å²) in [5.41, 5.74) is 0.828. The third-order valence-corrected chi connectivity index (χ3v) is 3.75. The number of carbonyl (C=O) groups excluding carboxylic acids is 1. The van der Waals surface area contributed by atoms with Crippen LogP contribution in [-0.4, -0.2) is 11.1 Å². The van der Waals surface area contributed by atoms with E-state index in [-0.39, 0.29) is 28.5 Å². The lowest BCUT2D eigenvalue weighted by Crippen LogP contribution is -2.06. The summed E-state index contributed by atoms with van der Waals surface area (Å²) in [6.07, 6.45) is 0. The van der Waals surface area contributed by atoms with Gasteiger partial charge in [0.2, 0.25) is 0 Å². The number of hydrogen-bond donors (Lipinski definition) is 0. The Morgan fingerprint density at radius 1 is 1.17 bits per heavy atom. The molecule has 0 aliphatic rings. The number of rotatable bonds is 4. The predicted molar refractivity (Wildman–Crippen MR) is 87.5 cm³/mol. The van der Waals surface area contributed by atoms with Gasteiger partial charge < -0.3 is 9.26 Å². The van der Waals surface area contributed by atoms with Crippen LogP contribution in [0, 0.1) is 5.82 Å². The molecule has 1 aromatic heterocycles. The maximum atomic E-state index is 13.7. The molecule has 0 saturated carbocycles. The molecular weight excluding hydrogens is 356 g/mol. The molecule has 1 heterocycles. The van der Waals surface area contributed by atoms with E-state index in [1.165, 1.54) is 30.3 Å². The second-order valence-corrected chi connectivity index (χ2v) is 5.71. The van der Waals surface area contributed by atoms with E-state index in [1.54, 1.807) is 18.2 Å². The summed E-state index contributed by atoms with van der Waals surface area (Å²) in [6.45, 7) is -0.129. The van der Waals surface area contributed by atoms with E-state index in [4.69, 9.17) is 32.5 Å². The van der Waals surface area contributed by atoms with E-state index in [0.29, 0.717) is 10.7 Å². The van der Waals surface area contributed by atoms with Crippen LogP contribution in [0.3, 0.4) is 0 Å². The highest BCUT2D eigenvalue weighted by atomic mass is 35.5. The molecule has 0 fully saturated rings. The topological polar surface area (TPSA) is 52.3 Å². The Labute approximate surface area is 146 Å². The van der Waals surface area contributed by atoms with Gasteiger partial charge in [-0.1, -0.05) is 40.5 Å². The van der Waals surface area contributed by atoms with Gasteiger partial charge in [0.05, 0.1) is 16.1 Å². The van der Waals surface area contributed by atoms with Gasteiger partial charge in [-0.2, -0.15) is 0 Å². The summed E-state index contributed by atoms with van der Waals surface area (Å²) in [6, 6.07) is 12.1. The van der Waals surface area contributed by atoms with Gasteiger partial charge in [-0.3, -0.25) is 0 Å². The first kappa shape index (κ1) is 16.5. The molecular formula is C17H10Cl2FNO3. The summed E-state index contributed by atoms with van der Waals surface area (Å²) in [7, 11) is 0. The van der Waals surface area contributed by atoms with Crippen LogP contribution in [-0.2, 0) is 11.3 Å². The third-order valence-electron chi connectivity index (χ3n) is 3.20. The van der Waals surface area contributed by atoms with Crippen LogP contribution in [0.15, 0.2) is 53.1 Å². The third kappa shape index (κ3) is 3.58. The van der Waals surface area contributed by atoms with Gasteiger partial charge in [0, 0.05) is 11.1 Å². The van der Waals surface area contributed by atoms with E-state index in [2.05, 4.69) is 5.16 Å². The van der Waals surface area contributed by atoms with Gasteiger partial charge in [-0.15, -0.1) is 0 Å². The molecule has 0 amide bonds. The lowest BCUT2D eigenvalue weighted by molar-refractivity contribution is 0.0464. The molecule has 3 rings (SSSR count). The number of hydrogen-bond acceptors (Lipinski definition) is 4. The average molecular weight is 366 g/mol. The molecule has 0 aliphatic heterocycles. The number of aromatic nitrogens is 1. The van der Waals surface area contributed by atoms with Crippen molar-refractivity contribution in [2.45, 2.75) is 6.61 Å². The van der Waals surface area contributed by atoms with Gasteiger partial charge in [0.25, 0.3) is 0 Å². The highest BCUT2D eigenvalue weighted by molar-refractivity contribution is 6.36. The van der Waals surface area contributed by atoms with E-state index in [0.717, 1.165) is 0 Å². The molecule has 3 aromatic rings. The first-order valence-corrected chi connectivity index (χ1v) is 7.63. The Morgan fingerprint density at radius 2 is 1.96 bits per heavy atom. The van der Waals surface area contributed by atoms with Crippen molar-refractivity contribution in [2.75, 3.05) is 0 Å². The van der Waals surface area contributed by atoms with Crippen molar-refractivity contribution in [3.05, 3.63) is 75.7 Å². The smallest absolute Gasteiger partial charge is 0.340 e. The highest BCUT2D eigenvalue weighted by Crippen LogP contribution is 2.24. The zero-order chi connectivity index (χ0) is 17.1. The van der Waals surface area contributed by atoms with Crippen molar-refractivity contribution in [3.8, 4) is 11.3 Å². The Balaban J connectivity index is 1.69. The Bertz CT molecular complexity index is 895. The van der Waals surface area contributed by atoms with Crippen LogP contribution < -0.4 is 0 Å². The molecule has 0 spiro atoms. The molecule has 0 unspecified atom stereocenters. The standard InChI is InChI=1S/C17H10Cl2FNO3/c18-10-5-6-12(14(19)7-10)17(22)23-9-11-8-16(24-21-11)13-3-1-2-4-15(13)20/h1-8H,9H2. The SMILES string of the molecule is O=C(OCc1cc(-c2ccccc2F)on1)c1ccc(Cl)cc1Cl. The Hall–Kier alpha value is -2.37. The second kappa shape index (κ2) is 7.03. The van der Waals surface area contributed by atoms with Crippen LogP contribution >= 0.6 is 23.2 Å². The zero-order valence-corrected chi connectivity index (χ0v) is 13.6. The van der Waals surface area contributed by atoms with Crippen molar-refractivity contribution in [2.24, 2.45) is 0 Å². The van der Waals surface area contributed by atoms with Gasteiger partial charge >= 0.3 is 5.97 Å². The van der Waals surface area contributed by atoms with Crippen LogP contribution in [0.2, 0.25) is 10.0 Å². The molecule has 4 nitrogen and oxygen atoms in total. The first-order valence-electron chi connectivity index (χ1n) is 6.87. The van der Waals surface area contributed by atoms with E-state index in [1.807, 2.05) is 0 Å². The normalized spacial score (nSPS) is 10.6. The van der Waals surface area contributed by atoms with E-state index in [9.17, 15) is 9.18 Å². The molecule has 0 radical (unpaired) electrons. The van der Waals surface area contributed by atoms with Crippen molar-refractivity contribution >= 4 is 29.2 Å². The largest absolute Gasteiger partial charge is 0.455 e. The number of halogens is 3. The number of nitrogens with zero attached hydrogens (tertiary/aromatic N) is 1. The minimum absolute atomic E-state index is 0.129. The molecule has 0 aliphatic carbocycles. The first-order chi connectivity index (χ1) is 11.5. The van der Waals surface area contributed by atoms with Crippen LogP contribution in [0.4, 0.5) is 4.39 Å². The molecule has 0 saturated heterocycles. The minimum atomic E-state index is -0.618. The molecule has 0 N–H and O–H groups in total. The Morgan fingerprint density at radius 3 is 2.71 bits per heavy atom. The summed E-state index contributed by atoms with van der Waals surface area (Å²) in [5.74, 6) is -0.791. The molecule has 24 heavy (non-hydrogen) atoms. The van der Waals surface area contributed by atoms with Crippen molar-refractivity contribution in [1.29, 1.82) is 0 Å². The fourth-order valence-corrected chi connectivity index (χ4v) is 2.53. The monoisotopic (exact) mass is 365 g/mol. The number of ether oxygens (including phenoxy) is 1. The van der Waals surface area contributed by atoms with Crippen LogP contribution in [0.25, 0.3) is 11.3 Å². The number of carbonyl (C=O) groups is 1. The lowest BCUT2D eigenvalue weighted by atomic mass is 10.1. The summed E-state index contributed by atoms with van der Waals surface area (Å²) >= 11 is 11.7. The minimum Gasteiger partial charge on any atom is -0.455 e. The van der Waals surface area contributed by atoms with E-state index < -0.39 is 11.8 Å². The lowest BCUT2D eigenvalue weighted by Gasteiger charge is -2.04.